The van der Waals surface area contributed by atoms with Crippen LogP contribution in [0.1, 0.15) is 42.0 Å². The van der Waals surface area contributed by atoms with Gasteiger partial charge in [0.25, 0.3) is 0 Å². The molecule has 4 rings (SSSR count). The van der Waals surface area contributed by atoms with E-state index < -0.39 is 25.7 Å². The van der Waals surface area contributed by atoms with Crippen LogP contribution in [0, 0.1) is 5.82 Å². The zero-order valence-corrected chi connectivity index (χ0v) is 20.1. The summed E-state index contributed by atoms with van der Waals surface area (Å²) < 4.78 is 69.9. The van der Waals surface area contributed by atoms with E-state index in [2.05, 4.69) is 4.72 Å². The first kappa shape index (κ1) is 23.6. The van der Waals surface area contributed by atoms with Crippen molar-refractivity contribution in [3.8, 4) is 0 Å². The van der Waals surface area contributed by atoms with Crippen LogP contribution in [0.15, 0.2) is 75.4 Å². The van der Waals surface area contributed by atoms with Crippen LogP contribution in [0.3, 0.4) is 0 Å². The highest BCUT2D eigenvalue weighted by Crippen LogP contribution is 2.37. The lowest BCUT2D eigenvalue weighted by molar-refractivity contribution is 0.578. The molecule has 0 saturated heterocycles. The van der Waals surface area contributed by atoms with E-state index in [0.717, 1.165) is 11.6 Å². The standard InChI is InChI=1S/C25H26FNO4S2/c1-17(2)22-14-20-9-8-19-10-11-21(26)15-23(19)32(28,29)24(20)16-25(22)33(30,31)27-13-12-18-6-4-3-5-7-18/h3-7,10-11,14-17,27H,8-9,12-13H2,1-2H3. The number of aryl methyl sites for hydroxylation is 2. The van der Waals surface area contributed by atoms with Crippen LogP contribution < -0.4 is 4.72 Å². The Morgan fingerprint density at radius 2 is 1.61 bits per heavy atom. The molecule has 3 aromatic carbocycles. The van der Waals surface area contributed by atoms with Crippen molar-refractivity contribution in [2.45, 2.75) is 53.7 Å². The molecule has 1 aliphatic heterocycles. The Morgan fingerprint density at radius 1 is 0.939 bits per heavy atom. The van der Waals surface area contributed by atoms with Gasteiger partial charge in [-0.2, -0.15) is 0 Å². The number of nitrogens with one attached hydrogen (secondary N) is 1. The predicted molar refractivity (Wildman–Crippen MR) is 125 cm³/mol. The number of hydrogen-bond acceptors (Lipinski definition) is 4. The fourth-order valence-electron chi connectivity index (χ4n) is 4.18. The van der Waals surface area contributed by atoms with Crippen molar-refractivity contribution < 1.29 is 21.2 Å². The highest BCUT2D eigenvalue weighted by atomic mass is 32.2. The van der Waals surface area contributed by atoms with Crippen molar-refractivity contribution in [2.75, 3.05) is 6.54 Å². The van der Waals surface area contributed by atoms with Gasteiger partial charge in [-0.3, -0.25) is 0 Å². The summed E-state index contributed by atoms with van der Waals surface area (Å²) in [6.45, 7) is 3.93. The summed E-state index contributed by atoms with van der Waals surface area (Å²) in [5.74, 6) is -0.781. The van der Waals surface area contributed by atoms with Crippen LogP contribution in [-0.2, 0) is 39.1 Å². The zero-order chi connectivity index (χ0) is 23.8. The Hall–Kier alpha value is -2.55. The molecule has 3 aromatic rings. The number of sulfone groups is 1. The number of benzene rings is 3. The molecule has 1 heterocycles. The van der Waals surface area contributed by atoms with Gasteiger partial charge in [0.05, 0.1) is 14.7 Å². The highest BCUT2D eigenvalue weighted by molar-refractivity contribution is 7.92. The van der Waals surface area contributed by atoms with E-state index in [1.165, 1.54) is 18.2 Å². The summed E-state index contributed by atoms with van der Waals surface area (Å²) in [7, 11) is -8.06. The molecule has 174 valence electrons. The fourth-order valence-corrected chi connectivity index (χ4v) is 7.46. The molecule has 0 fully saturated rings. The minimum atomic E-state index is -4.08. The van der Waals surface area contributed by atoms with Crippen molar-refractivity contribution >= 4 is 19.9 Å². The maximum Gasteiger partial charge on any atom is 0.240 e. The first-order valence-electron chi connectivity index (χ1n) is 10.8. The number of hydrogen-bond donors (Lipinski definition) is 1. The lowest BCUT2D eigenvalue weighted by Crippen LogP contribution is -2.27. The van der Waals surface area contributed by atoms with Crippen LogP contribution in [0.2, 0.25) is 0 Å². The molecular formula is C25H26FNO4S2. The molecule has 0 bridgehead atoms. The summed E-state index contributed by atoms with van der Waals surface area (Å²) in [6.07, 6.45) is 1.36. The van der Waals surface area contributed by atoms with Gasteiger partial charge >= 0.3 is 0 Å². The second-order valence-corrected chi connectivity index (χ2v) is 12.2. The third kappa shape index (κ3) is 4.74. The normalized spacial score (nSPS) is 15.0. The maximum atomic E-state index is 13.9. The second kappa shape index (κ2) is 9.00. The summed E-state index contributed by atoms with van der Waals surface area (Å²) in [4.78, 5) is -0.216. The lowest BCUT2D eigenvalue weighted by atomic mass is 9.97. The molecule has 5 nitrogen and oxygen atoms in total. The summed E-state index contributed by atoms with van der Waals surface area (Å²) in [5.41, 5.74) is 2.64. The van der Waals surface area contributed by atoms with Crippen molar-refractivity contribution in [1.29, 1.82) is 0 Å². The van der Waals surface area contributed by atoms with Crippen LogP contribution >= 0.6 is 0 Å². The average Bonchev–Trinajstić information content (AvgIpc) is 2.87. The minimum Gasteiger partial charge on any atom is -0.218 e. The Balaban J connectivity index is 1.77. The van der Waals surface area contributed by atoms with Crippen molar-refractivity contribution in [2.24, 2.45) is 0 Å². The smallest absolute Gasteiger partial charge is 0.218 e. The van der Waals surface area contributed by atoms with Crippen LogP contribution in [-0.4, -0.2) is 23.4 Å². The van der Waals surface area contributed by atoms with Crippen LogP contribution in [0.5, 0.6) is 0 Å². The van der Waals surface area contributed by atoms with E-state index in [-0.39, 0.29) is 27.1 Å². The fraction of sp³-hybridized carbons (Fsp3) is 0.280. The third-order valence-corrected chi connectivity index (χ3v) is 9.36. The number of fused-ring (bicyclic) bond motifs is 2. The molecule has 0 aliphatic carbocycles. The largest absolute Gasteiger partial charge is 0.240 e. The SMILES string of the molecule is CC(C)c1cc2c(cc1S(=O)(=O)NCCc1ccccc1)S(=O)(=O)c1cc(F)ccc1CC2. The van der Waals surface area contributed by atoms with E-state index in [1.807, 2.05) is 44.2 Å². The second-order valence-electron chi connectivity index (χ2n) is 8.54. The van der Waals surface area contributed by atoms with Crippen LogP contribution in [0.4, 0.5) is 4.39 Å². The quantitative estimate of drug-likeness (QED) is 0.559. The maximum absolute atomic E-state index is 13.9. The van der Waals surface area contributed by atoms with E-state index in [9.17, 15) is 21.2 Å². The first-order chi connectivity index (χ1) is 15.6. The predicted octanol–water partition coefficient (Wildman–Crippen LogP) is 4.40. The van der Waals surface area contributed by atoms with Gasteiger partial charge in [-0.25, -0.2) is 25.9 Å². The Morgan fingerprint density at radius 3 is 2.30 bits per heavy atom. The van der Waals surface area contributed by atoms with Gasteiger partial charge in [0.2, 0.25) is 19.9 Å². The van der Waals surface area contributed by atoms with Gasteiger partial charge in [0.1, 0.15) is 5.82 Å². The highest BCUT2D eigenvalue weighted by Gasteiger charge is 2.32. The minimum absolute atomic E-state index is 0.0484. The van der Waals surface area contributed by atoms with Crippen LogP contribution in [0.25, 0.3) is 0 Å². The molecule has 8 heteroatoms. The van der Waals surface area contributed by atoms with E-state index in [0.29, 0.717) is 36.0 Å². The topological polar surface area (TPSA) is 80.3 Å². The lowest BCUT2D eigenvalue weighted by Gasteiger charge is -2.18. The van der Waals surface area contributed by atoms with Gasteiger partial charge in [0, 0.05) is 6.54 Å². The Kier molecular flexibility index (Phi) is 6.44. The van der Waals surface area contributed by atoms with Gasteiger partial charge in [-0.1, -0.05) is 56.3 Å². The molecule has 0 saturated carbocycles. The Bertz CT molecular complexity index is 1400. The third-order valence-electron chi connectivity index (χ3n) is 5.92. The Labute approximate surface area is 194 Å². The molecule has 33 heavy (non-hydrogen) atoms. The zero-order valence-electron chi connectivity index (χ0n) is 18.5. The molecule has 0 aromatic heterocycles. The summed E-state index contributed by atoms with van der Waals surface area (Å²) in [5, 5.41) is 0. The summed E-state index contributed by atoms with van der Waals surface area (Å²) >= 11 is 0. The molecule has 1 N–H and O–H groups in total. The molecular weight excluding hydrogens is 461 g/mol. The average molecular weight is 488 g/mol. The van der Waals surface area contributed by atoms with Gasteiger partial charge in [-0.05, 0) is 65.6 Å². The molecule has 0 spiro atoms. The molecule has 0 amide bonds. The molecule has 0 atom stereocenters. The monoisotopic (exact) mass is 487 g/mol. The van der Waals surface area contributed by atoms with Gasteiger partial charge in [-0.15, -0.1) is 0 Å². The number of halogens is 1. The molecule has 1 aliphatic rings. The van der Waals surface area contributed by atoms with Gasteiger partial charge in [0.15, 0.2) is 0 Å². The van der Waals surface area contributed by atoms with E-state index in [1.54, 1.807) is 6.07 Å². The van der Waals surface area contributed by atoms with E-state index >= 15 is 0 Å². The van der Waals surface area contributed by atoms with Crippen molar-refractivity contribution in [1.82, 2.24) is 4.72 Å². The number of rotatable bonds is 6. The first-order valence-corrected chi connectivity index (χ1v) is 13.8. The van der Waals surface area contributed by atoms with E-state index in [4.69, 9.17) is 0 Å². The number of sulfonamides is 1. The molecule has 0 radical (unpaired) electrons. The molecule has 0 unspecified atom stereocenters. The van der Waals surface area contributed by atoms with Gasteiger partial charge < -0.3 is 0 Å². The summed E-state index contributed by atoms with van der Waals surface area (Å²) in [6, 6.07) is 16.2. The van der Waals surface area contributed by atoms with Crippen molar-refractivity contribution in [3.63, 3.8) is 0 Å². The van der Waals surface area contributed by atoms with Crippen molar-refractivity contribution in [3.05, 3.63) is 88.7 Å².